The highest BCUT2D eigenvalue weighted by Gasteiger charge is 2.81. The van der Waals surface area contributed by atoms with Crippen molar-refractivity contribution in [2.24, 2.45) is 34.5 Å². The fraction of sp³-hybridized carbons (Fsp3) is 0.714. The lowest BCUT2D eigenvalue weighted by Gasteiger charge is -2.69. The van der Waals surface area contributed by atoms with E-state index in [1.54, 1.807) is 6.08 Å². The van der Waals surface area contributed by atoms with Crippen LogP contribution in [0.2, 0.25) is 0 Å². The van der Waals surface area contributed by atoms with Crippen LogP contribution in [-0.4, -0.2) is 91.1 Å². The standard InChI is InChI=1S/C35H47NO9/c1-31-9-8-26-32(18-38)10-7-22(39)15-33(32,42)16-27(40)35(26,44)34(31,43)14-21-11-23(30-24(29(21)31)13-28(41)45-30)25(36-2)12-19-5-3-4-6-20(19)17-37/h3-6,13,18,21-23,25-27,29-30,36-37,39-40,42-44H,7-12,14-17H2,1-2H3/t21-,22-,23-,25+,26-,27-,29+,30-,31+,32+,33+,34+,35+/m0/s1. The van der Waals surface area contributed by atoms with Crippen molar-refractivity contribution < 1.29 is 45.0 Å². The Morgan fingerprint density at radius 1 is 1.07 bits per heavy atom. The summed E-state index contributed by atoms with van der Waals surface area (Å²) < 4.78 is 5.98. The number of nitrogens with one attached hydrogen (secondary N) is 1. The summed E-state index contributed by atoms with van der Waals surface area (Å²) in [6.45, 7) is 1.85. The van der Waals surface area contributed by atoms with Gasteiger partial charge in [0.1, 0.15) is 23.6 Å². The number of aldehydes is 1. The second kappa shape index (κ2) is 10.4. The van der Waals surface area contributed by atoms with E-state index in [1.807, 2.05) is 38.2 Å². The van der Waals surface area contributed by atoms with Gasteiger partial charge in [-0.1, -0.05) is 31.2 Å². The number of hydrogen-bond donors (Lipinski definition) is 7. The lowest BCUT2D eigenvalue weighted by molar-refractivity contribution is -0.346. The van der Waals surface area contributed by atoms with Gasteiger partial charge in [0.05, 0.1) is 29.8 Å². The molecule has 7 rings (SSSR count). The van der Waals surface area contributed by atoms with E-state index >= 15 is 0 Å². The van der Waals surface area contributed by atoms with E-state index in [0.717, 1.165) is 16.7 Å². The number of hydrogen-bond acceptors (Lipinski definition) is 10. The van der Waals surface area contributed by atoms with Crippen molar-refractivity contribution >= 4 is 12.3 Å². The molecule has 1 aromatic rings. The van der Waals surface area contributed by atoms with Gasteiger partial charge in [-0.15, -0.1) is 0 Å². The number of carbonyl (C=O) groups is 2. The number of aliphatic hydroxyl groups is 6. The molecule has 0 radical (unpaired) electrons. The summed E-state index contributed by atoms with van der Waals surface area (Å²) in [4.78, 5) is 25.9. The van der Waals surface area contributed by atoms with Crippen LogP contribution < -0.4 is 5.32 Å². The zero-order valence-electron chi connectivity index (χ0n) is 26.1. The molecule has 45 heavy (non-hydrogen) atoms. The van der Waals surface area contributed by atoms with Crippen molar-refractivity contribution in [2.45, 2.75) is 112 Å². The van der Waals surface area contributed by atoms with Gasteiger partial charge in [-0.25, -0.2) is 4.79 Å². The Kier molecular flexibility index (Phi) is 7.27. The molecule has 5 saturated carbocycles. The van der Waals surface area contributed by atoms with Crippen LogP contribution >= 0.6 is 0 Å². The maximum absolute atomic E-state index is 13.0. The molecule has 0 amide bonds. The number of esters is 1. The Morgan fingerprint density at radius 2 is 1.80 bits per heavy atom. The Morgan fingerprint density at radius 3 is 2.49 bits per heavy atom. The number of benzene rings is 1. The Bertz CT molecular complexity index is 1420. The van der Waals surface area contributed by atoms with Crippen LogP contribution in [0.25, 0.3) is 0 Å². The van der Waals surface area contributed by atoms with Gasteiger partial charge in [0, 0.05) is 42.2 Å². The number of likely N-dealkylation sites (N-methyl/N-ethyl adjacent to an activating group) is 1. The van der Waals surface area contributed by atoms with E-state index in [-0.39, 0.29) is 62.5 Å². The summed E-state index contributed by atoms with van der Waals surface area (Å²) in [6, 6.07) is 7.58. The van der Waals surface area contributed by atoms with Crippen LogP contribution in [0.4, 0.5) is 0 Å². The third kappa shape index (κ3) is 3.93. The molecule has 5 fully saturated rings. The van der Waals surface area contributed by atoms with Gasteiger partial charge >= 0.3 is 5.97 Å². The largest absolute Gasteiger partial charge is 0.454 e. The van der Waals surface area contributed by atoms with E-state index in [4.69, 9.17) is 4.74 Å². The van der Waals surface area contributed by atoms with Crippen LogP contribution in [0.3, 0.4) is 0 Å². The molecule has 1 heterocycles. The van der Waals surface area contributed by atoms with Crippen molar-refractivity contribution in [3.63, 3.8) is 0 Å². The molecule has 0 saturated heterocycles. The zero-order chi connectivity index (χ0) is 32.2. The second-order valence-electron chi connectivity index (χ2n) is 15.4. The normalized spacial score (nSPS) is 49.0. The number of carbonyl (C=O) groups excluding carboxylic acids is 2. The molecule has 0 aromatic heterocycles. The fourth-order valence-electron chi connectivity index (χ4n) is 11.8. The van der Waals surface area contributed by atoms with Crippen molar-refractivity contribution in [3.05, 3.63) is 47.0 Å². The van der Waals surface area contributed by atoms with E-state index < -0.39 is 57.8 Å². The van der Waals surface area contributed by atoms with Gasteiger partial charge in [-0.05, 0) is 80.5 Å². The van der Waals surface area contributed by atoms with Gasteiger partial charge in [0.2, 0.25) is 0 Å². The van der Waals surface area contributed by atoms with Gasteiger partial charge in [0.15, 0.2) is 0 Å². The minimum atomic E-state index is -2.09. The Balaban J connectivity index is 1.28. The number of ether oxygens (including phenoxy) is 1. The quantitative estimate of drug-likeness (QED) is 0.178. The summed E-state index contributed by atoms with van der Waals surface area (Å²) in [6.07, 6.45) is 1.49. The summed E-state index contributed by atoms with van der Waals surface area (Å²) in [7, 11) is 1.87. The van der Waals surface area contributed by atoms with E-state index in [1.165, 1.54) is 0 Å². The number of fused-ring (bicyclic) bond motifs is 9. The molecule has 10 heteroatoms. The summed E-state index contributed by atoms with van der Waals surface area (Å²) >= 11 is 0. The van der Waals surface area contributed by atoms with Crippen LogP contribution in [0.15, 0.2) is 35.9 Å². The lowest BCUT2D eigenvalue weighted by atomic mass is 9.39. The average Bonchev–Trinajstić information content (AvgIpc) is 3.50. The zero-order valence-corrected chi connectivity index (χ0v) is 26.1. The van der Waals surface area contributed by atoms with Gasteiger partial charge in [0.25, 0.3) is 0 Å². The third-order valence-corrected chi connectivity index (χ3v) is 13.8. The molecule has 0 unspecified atom stereocenters. The molecule has 0 spiro atoms. The maximum atomic E-state index is 13.0. The highest BCUT2D eigenvalue weighted by atomic mass is 16.5. The first-order valence-electron chi connectivity index (χ1n) is 16.6. The first-order chi connectivity index (χ1) is 21.3. The first-order valence-corrected chi connectivity index (χ1v) is 16.6. The SMILES string of the molecule is CN[C@H](Cc1ccccc1CO)[C@@H]1C[C@H]2C[C@]3(O)[C@@]4(O)[C@@H](CC[C@]3(C)[C@H]2C2=CC(=O)O[C@H]21)[C@]1(C=O)CC[C@H](O)C[C@@]1(O)C[C@@H]4O. The van der Waals surface area contributed by atoms with Crippen LogP contribution in [0, 0.1) is 34.5 Å². The minimum absolute atomic E-state index is 0.0726. The monoisotopic (exact) mass is 625 g/mol. The predicted molar refractivity (Wildman–Crippen MR) is 161 cm³/mol. The molecule has 1 aromatic carbocycles. The molecule has 5 aliphatic carbocycles. The molecule has 7 N–H and O–H groups in total. The molecule has 10 nitrogen and oxygen atoms in total. The molecule has 1 aliphatic heterocycles. The maximum Gasteiger partial charge on any atom is 0.331 e. The first kappa shape index (κ1) is 31.4. The number of aliphatic hydroxyl groups excluding tert-OH is 3. The van der Waals surface area contributed by atoms with Crippen LogP contribution in [0.1, 0.15) is 69.4 Å². The predicted octanol–water partition coefficient (Wildman–Crippen LogP) is 0.921. The Labute approximate surface area is 263 Å². The van der Waals surface area contributed by atoms with Gasteiger partial charge < -0.3 is 45.5 Å². The van der Waals surface area contributed by atoms with Crippen molar-refractivity contribution in [3.8, 4) is 0 Å². The summed E-state index contributed by atoms with van der Waals surface area (Å²) in [5.41, 5.74) is -5.34. The van der Waals surface area contributed by atoms with Crippen LogP contribution in [0.5, 0.6) is 0 Å². The number of rotatable bonds is 6. The molecule has 13 atom stereocenters. The van der Waals surface area contributed by atoms with Gasteiger partial charge in [-0.2, -0.15) is 0 Å². The second-order valence-corrected chi connectivity index (χ2v) is 15.4. The highest BCUT2D eigenvalue weighted by Crippen LogP contribution is 2.74. The van der Waals surface area contributed by atoms with Crippen molar-refractivity contribution in [1.29, 1.82) is 0 Å². The summed E-state index contributed by atoms with van der Waals surface area (Å²) in [5, 5.41) is 73.2. The lowest BCUT2D eigenvalue weighted by Crippen LogP contribution is -2.81. The molecular weight excluding hydrogens is 578 g/mol. The fourth-order valence-corrected chi connectivity index (χ4v) is 11.8. The summed E-state index contributed by atoms with van der Waals surface area (Å²) in [5.74, 6) is -1.94. The Hall–Kier alpha value is -2.18. The minimum Gasteiger partial charge on any atom is -0.454 e. The van der Waals surface area contributed by atoms with E-state index in [2.05, 4.69) is 5.32 Å². The van der Waals surface area contributed by atoms with Crippen molar-refractivity contribution in [1.82, 2.24) is 5.32 Å². The molecule has 0 bridgehead atoms. The highest BCUT2D eigenvalue weighted by molar-refractivity contribution is 5.86. The van der Waals surface area contributed by atoms with E-state index in [0.29, 0.717) is 32.0 Å². The molecular formula is C35H47NO9. The topological polar surface area (TPSA) is 177 Å². The third-order valence-electron chi connectivity index (χ3n) is 13.8. The van der Waals surface area contributed by atoms with Crippen LogP contribution in [-0.2, 0) is 27.4 Å². The van der Waals surface area contributed by atoms with Crippen molar-refractivity contribution in [2.75, 3.05) is 7.05 Å². The smallest absolute Gasteiger partial charge is 0.331 e. The molecule has 246 valence electrons. The molecule has 6 aliphatic rings. The average molecular weight is 626 g/mol. The van der Waals surface area contributed by atoms with Gasteiger partial charge in [-0.3, -0.25) is 0 Å². The van der Waals surface area contributed by atoms with E-state index in [9.17, 15) is 40.2 Å².